The van der Waals surface area contributed by atoms with Gasteiger partial charge in [-0.1, -0.05) is 42.7 Å². The van der Waals surface area contributed by atoms with Gasteiger partial charge in [-0.05, 0) is 64.8 Å². The predicted octanol–water partition coefficient (Wildman–Crippen LogP) is 5.96. The molecule has 0 saturated carbocycles. The Kier molecular flexibility index (Phi) is 7.10. The van der Waals surface area contributed by atoms with E-state index in [1.165, 1.54) is 28.8 Å². The highest BCUT2D eigenvalue weighted by molar-refractivity contribution is 9.10. The summed E-state index contributed by atoms with van der Waals surface area (Å²) in [6, 6.07) is 9.41. The standard InChI is InChI=1S/C21H17BrFNO3S2/c1-3-8-27-19-16(22)9-13(10-17(19)26-4-2)11-18-20(25)24(21(28)29-18)15-7-5-6-14(23)12-15/h3,5-7,9-12H,1,4,8H2,2H3/b18-11-. The van der Waals surface area contributed by atoms with Crippen molar-refractivity contribution in [2.75, 3.05) is 18.1 Å². The van der Waals surface area contributed by atoms with E-state index in [-0.39, 0.29) is 5.91 Å². The fourth-order valence-corrected chi connectivity index (χ4v) is 4.55. The molecule has 1 heterocycles. The summed E-state index contributed by atoms with van der Waals surface area (Å²) in [5, 5.41) is 0. The third-order valence-corrected chi connectivity index (χ3v) is 5.73. The van der Waals surface area contributed by atoms with Crippen LogP contribution in [0.3, 0.4) is 0 Å². The SMILES string of the molecule is C=CCOc1c(Br)cc(/C=C2\SC(=S)N(c3cccc(F)c3)C2=O)cc1OCC. The number of nitrogens with zero attached hydrogens (tertiary/aromatic N) is 1. The molecular formula is C21H17BrFNO3S2. The molecule has 1 fully saturated rings. The lowest BCUT2D eigenvalue weighted by Crippen LogP contribution is -2.27. The van der Waals surface area contributed by atoms with Gasteiger partial charge in [0.15, 0.2) is 15.8 Å². The summed E-state index contributed by atoms with van der Waals surface area (Å²) in [5.74, 6) is 0.388. The maximum absolute atomic E-state index is 13.6. The first-order chi connectivity index (χ1) is 13.9. The molecule has 1 saturated heterocycles. The molecule has 0 N–H and O–H groups in total. The van der Waals surface area contributed by atoms with E-state index in [0.29, 0.717) is 44.1 Å². The van der Waals surface area contributed by atoms with E-state index in [4.69, 9.17) is 21.7 Å². The Hall–Kier alpha value is -2.16. The highest BCUT2D eigenvalue weighted by Gasteiger charge is 2.33. The molecule has 1 aliphatic rings. The fourth-order valence-electron chi connectivity index (χ4n) is 2.67. The predicted molar refractivity (Wildman–Crippen MR) is 123 cm³/mol. The number of ether oxygens (including phenoxy) is 2. The smallest absolute Gasteiger partial charge is 0.270 e. The minimum absolute atomic E-state index is 0.299. The number of thioether (sulfide) groups is 1. The second kappa shape index (κ2) is 9.56. The Morgan fingerprint density at radius 1 is 1.31 bits per heavy atom. The second-order valence-corrected chi connectivity index (χ2v) is 8.39. The summed E-state index contributed by atoms with van der Waals surface area (Å²) in [6.07, 6.45) is 3.37. The van der Waals surface area contributed by atoms with Crippen LogP contribution in [-0.2, 0) is 4.79 Å². The topological polar surface area (TPSA) is 38.8 Å². The number of rotatable bonds is 7. The highest BCUT2D eigenvalue weighted by atomic mass is 79.9. The lowest BCUT2D eigenvalue weighted by molar-refractivity contribution is -0.113. The van der Waals surface area contributed by atoms with Crippen molar-refractivity contribution in [2.45, 2.75) is 6.92 Å². The molecule has 0 aromatic heterocycles. The number of thiocarbonyl (C=S) groups is 1. The van der Waals surface area contributed by atoms with Crippen LogP contribution in [0.1, 0.15) is 12.5 Å². The third kappa shape index (κ3) is 4.88. The zero-order chi connectivity index (χ0) is 21.0. The summed E-state index contributed by atoms with van der Waals surface area (Å²) >= 11 is 10.00. The molecule has 29 heavy (non-hydrogen) atoms. The second-order valence-electron chi connectivity index (χ2n) is 5.86. The normalized spacial score (nSPS) is 15.1. The van der Waals surface area contributed by atoms with Gasteiger partial charge in [0.05, 0.1) is 21.7 Å². The Balaban J connectivity index is 1.94. The van der Waals surface area contributed by atoms with Crippen LogP contribution in [-0.4, -0.2) is 23.4 Å². The van der Waals surface area contributed by atoms with E-state index in [1.54, 1.807) is 30.4 Å². The molecule has 0 atom stereocenters. The van der Waals surface area contributed by atoms with E-state index >= 15 is 0 Å². The van der Waals surface area contributed by atoms with Crippen LogP contribution in [0.2, 0.25) is 0 Å². The van der Waals surface area contributed by atoms with Crippen molar-refractivity contribution in [1.29, 1.82) is 0 Å². The van der Waals surface area contributed by atoms with Gasteiger partial charge < -0.3 is 9.47 Å². The number of halogens is 2. The lowest BCUT2D eigenvalue weighted by Gasteiger charge is -2.14. The van der Waals surface area contributed by atoms with Gasteiger partial charge >= 0.3 is 0 Å². The molecule has 0 spiro atoms. The number of hydrogen-bond donors (Lipinski definition) is 0. The van der Waals surface area contributed by atoms with E-state index < -0.39 is 5.82 Å². The van der Waals surface area contributed by atoms with Gasteiger partial charge in [-0.3, -0.25) is 9.69 Å². The highest BCUT2D eigenvalue weighted by Crippen LogP contribution is 2.40. The van der Waals surface area contributed by atoms with Crippen LogP contribution in [0.4, 0.5) is 10.1 Å². The molecule has 0 unspecified atom stereocenters. The van der Waals surface area contributed by atoms with Gasteiger partial charge in [0.2, 0.25) is 0 Å². The molecule has 2 aromatic carbocycles. The molecule has 150 valence electrons. The monoisotopic (exact) mass is 493 g/mol. The van der Waals surface area contributed by atoms with Crippen molar-refractivity contribution in [2.24, 2.45) is 0 Å². The van der Waals surface area contributed by atoms with Crippen molar-refractivity contribution in [3.63, 3.8) is 0 Å². The summed E-state index contributed by atoms with van der Waals surface area (Å²) in [6.45, 7) is 6.32. The lowest BCUT2D eigenvalue weighted by atomic mass is 10.1. The average Bonchev–Trinajstić information content (AvgIpc) is 2.94. The van der Waals surface area contributed by atoms with Crippen molar-refractivity contribution < 1.29 is 18.7 Å². The van der Waals surface area contributed by atoms with Crippen LogP contribution < -0.4 is 14.4 Å². The molecule has 8 heteroatoms. The van der Waals surface area contributed by atoms with E-state index in [9.17, 15) is 9.18 Å². The third-order valence-electron chi connectivity index (χ3n) is 3.84. The average molecular weight is 494 g/mol. The first kappa shape index (κ1) is 21.5. The van der Waals surface area contributed by atoms with Crippen molar-refractivity contribution in [1.82, 2.24) is 0 Å². The molecule has 4 nitrogen and oxygen atoms in total. The molecule has 0 bridgehead atoms. The van der Waals surface area contributed by atoms with Crippen molar-refractivity contribution in [3.05, 3.63) is 69.8 Å². The minimum atomic E-state index is -0.430. The quantitative estimate of drug-likeness (QED) is 0.270. The van der Waals surface area contributed by atoms with Crippen LogP contribution in [0.15, 0.2) is 58.4 Å². The Morgan fingerprint density at radius 3 is 2.79 bits per heavy atom. The molecule has 0 aliphatic carbocycles. The van der Waals surface area contributed by atoms with Crippen LogP contribution in [0.25, 0.3) is 6.08 Å². The van der Waals surface area contributed by atoms with Crippen LogP contribution >= 0.6 is 39.9 Å². The zero-order valence-corrected chi connectivity index (χ0v) is 18.7. The molecule has 0 radical (unpaired) electrons. The molecule has 1 aliphatic heterocycles. The zero-order valence-electron chi connectivity index (χ0n) is 15.5. The molecule has 3 rings (SSSR count). The van der Waals surface area contributed by atoms with E-state index in [1.807, 2.05) is 13.0 Å². The molecule has 2 aromatic rings. The summed E-state index contributed by atoms with van der Waals surface area (Å²) in [5.41, 5.74) is 1.14. The van der Waals surface area contributed by atoms with Crippen molar-refractivity contribution in [3.8, 4) is 11.5 Å². The van der Waals surface area contributed by atoms with Gasteiger partial charge in [0.1, 0.15) is 12.4 Å². The van der Waals surface area contributed by atoms with Gasteiger partial charge in [0, 0.05) is 0 Å². The Morgan fingerprint density at radius 2 is 2.10 bits per heavy atom. The van der Waals surface area contributed by atoms with Gasteiger partial charge in [-0.25, -0.2) is 4.39 Å². The number of carbonyl (C=O) groups is 1. The minimum Gasteiger partial charge on any atom is -0.490 e. The number of hydrogen-bond acceptors (Lipinski definition) is 5. The summed E-state index contributed by atoms with van der Waals surface area (Å²) < 4.78 is 26.0. The Bertz CT molecular complexity index is 1010. The largest absolute Gasteiger partial charge is 0.490 e. The Labute approximate surface area is 186 Å². The first-order valence-corrected chi connectivity index (χ1v) is 10.7. The molecule has 1 amide bonds. The van der Waals surface area contributed by atoms with E-state index in [0.717, 1.165) is 5.56 Å². The summed E-state index contributed by atoms with van der Waals surface area (Å²) in [7, 11) is 0. The van der Waals surface area contributed by atoms with Gasteiger partial charge in [-0.2, -0.15) is 0 Å². The van der Waals surface area contributed by atoms with E-state index in [2.05, 4.69) is 22.5 Å². The maximum atomic E-state index is 13.6. The van der Waals surface area contributed by atoms with Gasteiger partial charge in [-0.15, -0.1) is 0 Å². The van der Waals surface area contributed by atoms with Crippen molar-refractivity contribution >= 4 is 61.9 Å². The van der Waals surface area contributed by atoms with Crippen LogP contribution in [0.5, 0.6) is 11.5 Å². The van der Waals surface area contributed by atoms with Gasteiger partial charge in [0.25, 0.3) is 5.91 Å². The number of benzene rings is 2. The fraction of sp³-hybridized carbons (Fsp3) is 0.143. The number of anilines is 1. The molecular weight excluding hydrogens is 477 g/mol. The number of amides is 1. The first-order valence-electron chi connectivity index (χ1n) is 8.68. The maximum Gasteiger partial charge on any atom is 0.270 e. The summed E-state index contributed by atoms with van der Waals surface area (Å²) in [4.78, 5) is 14.7. The number of carbonyl (C=O) groups excluding carboxylic acids is 1. The van der Waals surface area contributed by atoms with Crippen LogP contribution in [0, 0.1) is 5.82 Å².